The molecular weight excluding hydrogens is 258 g/mol. The Balaban J connectivity index is 1.97. The average Bonchev–Trinajstić information content (AvgIpc) is 2.91. The number of rotatable bonds is 3. The Labute approximate surface area is 116 Å². The van der Waals surface area contributed by atoms with Crippen molar-refractivity contribution in [2.75, 3.05) is 19.0 Å². The zero-order valence-electron chi connectivity index (χ0n) is 11.0. The third-order valence-electron chi connectivity index (χ3n) is 3.47. The van der Waals surface area contributed by atoms with Gasteiger partial charge in [0.05, 0.1) is 13.2 Å². The third-order valence-corrected chi connectivity index (χ3v) is 3.47. The summed E-state index contributed by atoms with van der Waals surface area (Å²) < 4.78 is 6.89. The lowest BCUT2D eigenvalue weighted by Crippen LogP contribution is -2.24. The van der Waals surface area contributed by atoms with Gasteiger partial charge in [-0.3, -0.25) is 0 Å². The molecule has 0 saturated heterocycles. The number of ether oxygens (including phenoxy) is 1. The number of methoxy groups -OCH3 is 1. The lowest BCUT2D eigenvalue weighted by Gasteiger charge is -2.26. The van der Waals surface area contributed by atoms with E-state index in [2.05, 4.69) is 10.4 Å². The Morgan fingerprint density at radius 2 is 2.20 bits per heavy atom. The van der Waals surface area contributed by atoms with Gasteiger partial charge >= 0.3 is 5.97 Å². The standard InChI is InChI=1S/C14H15N3O3/c1-20-10-4-2-9(3-5-10)12-6-7-15-13-8-11(14(18)19)16-17(12)13/h2-5,8,12,15H,6-7H2,1H3,(H,18,19). The predicted octanol–water partition coefficient (Wildman–Crippen LogP) is 1.99. The molecule has 6 nitrogen and oxygen atoms in total. The van der Waals surface area contributed by atoms with Crippen LogP contribution in [0.4, 0.5) is 5.82 Å². The van der Waals surface area contributed by atoms with Gasteiger partial charge in [0, 0.05) is 12.6 Å². The number of anilines is 1. The minimum absolute atomic E-state index is 0.0465. The topological polar surface area (TPSA) is 76.4 Å². The summed E-state index contributed by atoms with van der Waals surface area (Å²) in [6, 6.07) is 9.39. The quantitative estimate of drug-likeness (QED) is 0.894. The monoisotopic (exact) mass is 273 g/mol. The average molecular weight is 273 g/mol. The van der Waals surface area contributed by atoms with Crippen LogP contribution in [0.15, 0.2) is 30.3 Å². The molecule has 1 aliphatic heterocycles. The van der Waals surface area contributed by atoms with Crippen LogP contribution in [0.2, 0.25) is 0 Å². The molecule has 1 aliphatic rings. The third kappa shape index (κ3) is 2.09. The van der Waals surface area contributed by atoms with E-state index in [0.29, 0.717) is 0 Å². The number of benzene rings is 1. The van der Waals surface area contributed by atoms with Crippen molar-refractivity contribution in [2.24, 2.45) is 0 Å². The summed E-state index contributed by atoms with van der Waals surface area (Å²) in [7, 11) is 1.63. The van der Waals surface area contributed by atoms with Gasteiger partial charge in [0.1, 0.15) is 11.6 Å². The zero-order valence-corrected chi connectivity index (χ0v) is 11.0. The molecule has 2 aromatic rings. The number of carboxylic acids is 1. The molecule has 104 valence electrons. The molecule has 0 spiro atoms. The summed E-state index contributed by atoms with van der Waals surface area (Å²) in [5.41, 5.74) is 1.15. The smallest absolute Gasteiger partial charge is 0.356 e. The second-order valence-corrected chi connectivity index (χ2v) is 4.67. The lowest BCUT2D eigenvalue weighted by molar-refractivity contribution is 0.0689. The summed E-state index contributed by atoms with van der Waals surface area (Å²) in [5.74, 6) is 0.534. The van der Waals surface area contributed by atoms with E-state index in [1.807, 2.05) is 24.3 Å². The van der Waals surface area contributed by atoms with E-state index in [1.165, 1.54) is 0 Å². The molecule has 0 bridgehead atoms. The van der Waals surface area contributed by atoms with Crippen molar-refractivity contribution in [3.63, 3.8) is 0 Å². The maximum atomic E-state index is 11.0. The zero-order chi connectivity index (χ0) is 14.1. The molecule has 3 rings (SSSR count). The number of aromatic carboxylic acids is 1. The highest BCUT2D eigenvalue weighted by atomic mass is 16.5. The molecule has 1 atom stereocenters. The van der Waals surface area contributed by atoms with E-state index >= 15 is 0 Å². The summed E-state index contributed by atoms with van der Waals surface area (Å²) in [5, 5.41) is 16.4. The van der Waals surface area contributed by atoms with Crippen molar-refractivity contribution < 1.29 is 14.6 Å². The Morgan fingerprint density at radius 3 is 2.85 bits per heavy atom. The fourth-order valence-electron chi connectivity index (χ4n) is 2.46. The highest BCUT2D eigenvalue weighted by Crippen LogP contribution is 2.30. The molecule has 2 N–H and O–H groups in total. The molecule has 0 saturated carbocycles. The number of fused-ring (bicyclic) bond motifs is 1. The lowest BCUT2D eigenvalue weighted by atomic mass is 10.0. The van der Waals surface area contributed by atoms with Gasteiger partial charge in [0.25, 0.3) is 0 Å². The number of hydrogen-bond acceptors (Lipinski definition) is 4. The number of carboxylic acid groups (broad SMARTS) is 1. The van der Waals surface area contributed by atoms with Crippen molar-refractivity contribution in [1.29, 1.82) is 0 Å². The van der Waals surface area contributed by atoms with Crippen LogP contribution in [0.3, 0.4) is 0 Å². The van der Waals surface area contributed by atoms with E-state index < -0.39 is 5.97 Å². The number of hydrogen-bond donors (Lipinski definition) is 2. The number of nitrogens with zero attached hydrogens (tertiary/aromatic N) is 2. The van der Waals surface area contributed by atoms with Crippen LogP contribution >= 0.6 is 0 Å². The number of nitrogens with one attached hydrogen (secondary N) is 1. The minimum atomic E-state index is -1.01. The predicted molar refractivity (Wildman–Crippen MR) is 73.4 cm³/mol. The summed E-state index contributed by atoms with van der Waals surface area (Å²) in [4.78, 5) is 11.0. The molecule has 1 unspecified atom stereocenters. The fourth-order valence-corrected chi connectivity index (χ4v) is 2.46. The van der Waals surface area contributed by atoms with Gasteiger partial charge in [-0.05, 0) is 24.1 Å². The minimum Gasteiger partial charge on any atom is -0.497 e. The van der Waals surface area contributed by atoms with Crippen LogP contribution < -0.4 is 10.1 Å². The first-order valence-electron chi connectivity index (χ1n) is 6.39. The van der Waals surface area contributed by atoms with Crippen molar-refractivity contribution in [2.45, 2.75) is 12.5 Å². The second kappa shape index (κ2) is 4.88. The van der Waals surface area contributed by atoms with E-state index in [0.717, 1.165) is 30.1 Å². The normalized spacial score (nSPS) is 17.1. The summed E-state index contributed by atoms with van der Waals surface area (Å²) in [6.45, 7) is 0.793. The molecule has 1 aromatic carbocycles. The molecule has 0 radical (unpaired) electrons. The van der Waals surface area contributed by atoms with Crippen LogP contribution in [-0.2, 0) is 0 Å². The SMILES string of the molecule is COc1ccc(C2CCNc3cc(C(=O)O)nn32)cc1. The Bertz CT molecular complexity index is 634. The van der Waals surface area contributed by atoms with Gasteiger partial charge < -0.3 is 15.2 Å². The Morgan fingerprint density at radius 1 is 1.45 bits per heavy atom. The van der Waals surface area contributed by atoms with Crippen LogP contribution in [0, 0.1) is 0 Å². The van der Waals surface area contributed by atoms with Crippen molar-refractivity contribution in [3.8, 4) is 5.75 Å². The Kier molecular flexibility index (Phi) is 3.06. The van der Waals surface area contributed by atoms with Crippen molar-refractivity contribution in [1.82, 2.24) is 9.78 Å². The fraction of sp³-hybridized carbons (Fsp3) is 0.286. The highest BCUT2D eigenvalue weighted by molar-refractivity contribution is 5.86. The summed E-state index contributed by atoms with van der Waals surface area (Å²) in [6.07, 6.45) is 0.861. The molecule has 0 amide bonds. The number of aromatic nitrogens is 2. The van der Waals surface area contributed by atoms with E-state index in [4.69, 9.17) is 9.84 Å². The maximum Gasteiger partial charge on any atom is 0.356 e. The van der Waals surface area contributed by atoms with E-state index in [1.54, 1.807) is 17.9 Å². The Hall–Kier alpha value is -2.50. The molecule has 2 heterocycles. The van der Waals surface area contributed by atoms with Gasteiger partial charge in [0.15, 0.2) is 5.69 Å². The van der Waals surface area contributed by atoms with Crippen LogP contribution in [0.1, 0.15) is 28.5 Å². The molecule has 0 fully saturated rings. The molecule has 0 aliphatic carbocycles. The van der Waals surface area contributed by atoms with Crippen molar-refractivity contribution in [3.05, 3.63) is 41.6 Å². The first-order chi connectivity index (χ1) is 9.69. The number of carbonyl (C=O) groups is 1. The van der Waals surface area contributed by atoms with E-state index in [-0.39, 0.29) is 11.7 Å². The largest absolute Gasteiger partial charge is 0.497 e. The van der Waals surface area contributed by atoms with Gasteiger partial charge in [0.2, 0.25) is 0 Å². The molecule has 1 aromatic heterocycles. The first-order valence-corrected chi connectivity index (χ1v) is 6.39. The van der Waals surface area contributed by atoms with Gasteiger partial charge in [-0.2, -0.15) is 5.10 Å². The van der Waals surface area contributed by atoms with Gasteiger partial charge in [-0.1, -0.05) is 12.1 Å². The first kappa shape index (κ1) is 12.5. The van der Waals surface area contributed by atoms with Crippen LogP contribution in [0.5, 0.6) is 5.75 Å². The van der Waals surface area contributed by atoms with Crippen molar-refractivity contribution >= 4 is 11.8 Å². The molecular formula is C14H15N3O3. The maximum absolute atomic E-state index is 11.0. The second-order valence-electron chi connectivity index (χ2n) is 4.67. The molecule has 20 heavy (non-hydrogen) atoms. The highest BCUT2D eigenvalue weighted by Gasteiger charge is 2.24. The van der Waals surface area contributed by atoms with Gasteiger partial charge in [-0.25, -0.2) is 9.48 Å². The van der Waals surface area contributed by atoms with E-state index in [9.17, 15) is 4.79 Å². The van der Waals surface area contributed by atoms with Crippen LogP contribution in [0.25, 0.3) is 0 Å². The molecule has 6 heteroatoms. The van der Waals surface area contributed by atoms with Crippen LogP contribution in [-0.4, -0.2) is 34.5 Å². The van der Waals surface area contributed by atoms with Gasteiger partial charge in [-0.15, -0.1) is 0 Å². The summed E-state index contributed by atoms with van der Waals surface area (Å²) >= 11 is 0.